The van der Waals surface area contributed by atoms with Crippen LogP contribution in [0.5, 0.6) is 0 Å². The molecule has 0 radical (unpaired) electrons. The number of nitrogens with one attached hydrogen (secondary N) is 1. The molecule has 0 bridgehead atoms. The lowest BCUT2D eigenvalue weighted by atomic mass is 10.2. The molecule has 102 valence electrons. The van der Waals surface area contributed by atoms with Crippen molar-refractivity contribution in [3.63, 3.8) is 0 Å². The van der Waals surface area contributed by atoms with E-state index in [2.05, 4.69) is 10.3 Å². The van der Waals surface area contributed by atoms with E-state index in [4.69, 9.17) is 5.73 Å². The molecule has 2 aromatic rings. The van der Waals surface area contributed by atoms with Gasteiger partial charge < -0.3 is 11.1 Å². The molecule has 0 spiro atoms. The Kier molecular flexibility index (Phi) is 3.69. The first-order valence-corrected chi connectivity index (χ1v) is 5.50. The predicted molar refractivity (Wildman–Crippen MR) is 67.1 cm³/mol. The highest BCUT2D eigenvalue weighted by Gasteiger charge is 2.16. The van der Waals surface area contributed by atoms with E-state index in [9.17, 15) is 18.4 Å². The molecule has 0 aliphatic carbocycles. The summed E-state index contributed by atoms with van der Waals surface area (Å²) >= 11 is 0. The van der Waals surface area contributed by atoms with Gasteiger partial charge in [-0.3, -0.25) is 9.59 Å². The fourth-order valence-electron chi connectivity index (χ4n) is 1.51. The van der Waals surface area contributed by atoms with E-state index in [1.807, 2.05) is 0 Å². The number of primary amides is 1. The number of hydrogen-bond donors (Lipinski definition) is 2. The normalized spacial score (nSPS) is 10.1. The molecule has 0 fully saturated rings. The minimum absolute atomic E-state index is 0.268. The molecule has 1 aromatic carbocycles. The first kappa shape index (κ1) is 13.6. The number of carbonyl (C=O) groups excluding carboxylic acids is 2. The van der Waals surface area contributed by atoms with Crippen LogP contribution in [0.25, 0.3) is 0 Å². The molecule has 20 heavy (non-hydrogen) atoms. The van der Waals surface area contributed by atoms with Crippen molar-refractivity contribution in [1.82, 2.24) is 4.98 Å². The van der Waals surface area contributed by atoms with Crippen LogP contribution in [0, 0.1) is 11.8 Å². The number of benzene rings is 1. The zero-order chi connectivity index (χ0) is 14.7. The summed E-state index contributed by atoms with van der Waals surface area (Å²) in [7, 11) is 0. The SMILES string of the molecule is NC(=O)c1ccc(NC(=O)c2ccnc(F)c2F)cc1. The maximum Gasteiger partial charge on any atom is 0.258 e. The van der Waals surface area contributed by atoms with Crippen LogP contribution in [0.3, 0.4) is 0 Å². The van der Waals surface area contributed by atoms with E-state index >= 15 is 0 Å². The molecule has 0 saturated carbocycles. The molecule has 1 heterocycles. The Balaban J connectivity index is 2.19. The van der Waals surface area contributed by atoms with Gasteiger partial charge in [-0.2, -0.15) is 4.39 Å². The van der Waals surface area contributed by atoms with Gasteiger partial charge in [-0.15, -0.1) is 0 Å². The van der Waals surface area contributed by atoms with E-state index in [1.165, 1.54) is 24.3 Å². The minimum Gasteiger partial charge on any atom is -0.366 e. The van der Waals surface area contributed by atoms with Gasteiger partial charge in [-0.05, 0) is 30.3 Å². The topological polar surface area (TPSA) is 85.1 Å². The van der Waals surface area contributed by atoms with Crippen LogP contribution in [0.4, 0.5) is 14.5 Å². The lowest BCUT2D eigenvalue weighted by Crippen LogP contribution is -2.15. The Morgan fingerprint density at radius 3 is 2.35 bits per heavy atom. The van der Waals surface area contributed by atoms with Crippen molar-refractivity contribution in [2.75, 3.05) is 5.32 Å². The zero-order valence-corrected chi connectivity index (χ0v) is 10.1. The third-order valence-electron chi connectivity index (χ3n) is 2.52. The van der Waals surface area contributed by atoms with Crippen LogP contribution in [0.2, 0.25) is 0 Å². The number of aromatic nitrogens is 1. The maximum absolute atomic E-state index is 13.4. The number of amides is 2. The van der Waals surface area contributed by atoms with Crippen molar-refractivity contribution in [1.29, 1.82) is 0 Å². The van der Waals surface area contributed by atoms with Gasteiger partial charge in [0.1, 0.15) is 0 Å². The highest BCUT2D eigenvalue weighted by Crippen LogP contribution is 2.14. The second-order valence-corrected chi connectivity index (χ2v) is 3.86. The van der Waals surface area contributed by atoms with Crippen LogP contribution < -0.4 is 11.1 Å². The highest BCUT2D eigenvalue weighted by molar-refractivity contribution is 6.04. The van der Waals surface area contributed by atoms with Crippen LogP contribution in [0.1, 0.15) is 20.7 Å². The largest absolute Gasteiger partial charge is 0.366 e. The molecule has 0 aliphatic rings. The molecular formula is C13H9F2N3O2. The number of halogens is 2. The summed E-state index contributed by atoms with van der Waals surface area (Å²) < 4.78 is 26.3. The predicted octanol–water partition coefficient (Wildman–Crippen LogP) is 1.71. The van der Waals surface area contributed by atoms with E-state index in [0.717, 1.165) is 12.3 Å². The molecule has 2 amide bonds. The molecule has 0 saturated heterocycles. The monoisotopic (exact) mass is 277 g/mol. The van der Waals surface area contributed by atoms with Crippen LogP contribution in [-0.2, 0) is 0 Å². The second kappa shape index (κ2) is 5.43. The molecule has 2 rings (SSSR count). The molecule has 0 atom stereocenters. The number of nitrogens with zero attached hydrogens (tertiary/aromatic N) is 1. The summed E-state index contributed by atoms with van der Waals surface area (Å²) in [5.74, 6) is -4.10. The van der Waals surface area contributed by atoms with Crippen molar-refractivity contribution >= 4 is 17.5 Å². The molecule has 7 heteroatoms. The number of hydrogen-bond acceptors (Lipinski definition) is 3. The fraction of sp³-hybridized carbons (Fsp3) is 0. The lowest BCUT2D eigenvalue weighted by Gasteiger charge is -2.06. The smallest absolute Gasteiger partial charge is 0.258 e. The Bertz CT molecular complexity index is 672. The van der Waals surface area contributed by atoms with Gasteiger partial charge in [0.15, 0.2) is 5.82 Å². The Hall–Kier alpha value is -2.83. The first-order valence-electron chi connectivity index (χ1n) is 5.50. The van der Waals surface area contributed by atoms with Crippen molar-refractivity contribution in [3.8, 4) is 0 Å². The molecule has 0 unspecified atom stereocenters. The summed E-state index contributed by atoms with van der Waals surface area (Å²) in [4.78, 5) is 25.7. The van der Waals surface area contributed by atoms with Crippen LogP contribution in [-0.4, -0.2) is 16.8 Å². The second-order valence-electron chi connectivity index (χ2n) is 3.86. The fourth-order valence-corrected chi connectivity index (χ4v) is 1.51. The molecule has 3 N–H and O–H groups in total. The third-order valence-corrected chi connectivity index (χ3v) is 2.52. The Morgan fingerprint density at radius 2 is 1.75 bits per heavy atom. The lowest BCUT2D eigenvalue weighted by molar-refractivity contribution is 0.0997. The van der Waals surface area contributed by atoms with Crippen molar-refractivity contribution in [2.45, 2.75) is 0 Å². The van der Waals surface area contributed by atoms with E-state index in [0.29, 0.717) is 5.69 Å². The third kappa shape index (κ3) is 2.77. The van der Waals surface area contributed by atoms with Gasteiger partial charge in [0.05, 0.1) is 5.56 Å². The summed E-state index contributed by atoms with van der Waals surface area (Å²) in [5, 5.41) is 2.37. The number of nitrogens with two attached hydrogens (primary N) is 1. The quantitative estimate of drug-likeness (QED) is 0.837. The van der Waals surface area contributed by atoms with Crippen molar-refractivity contribution in [3.05, 3.63) is 59.4 Å². The van der Waals surface area contributed by atoms with Crippen molar-refractivity contribution < 1.29 is 18.4 Å². The van der Waals surface area contributed by atoms with Gasteiger partial charge in [-0.1, -0.05) is 0 Å². The molecule has 1 aromatic heterocycles. The molecule has 0 aliphatic heterocycles. The zero-order valence-electron chi connectivity index (χ0n) is 10.1. The van der Waals surface area contributed by atoms with Gasteiger partial charge in [0.2, 0.25) is 11.9 Å². The summed E-state index contributed by atoms with van der Waals surface area (Å²) in [6, 6.07) is 6.72. The first-order chi connectivity index (χ1) is 9.49. The molecule has 5 nitrogen and oxygen atoms in total. The maximum atomic E-state index is 13.4. The van der Waals surface area contributed by atoms with Crippen molar-refractivity contribution in [2.24, 2.45) is 5.73 Å². The van der Waals surface area contributed by atoms with Gasteiger partial charge in [-0.25, -0.2) is 9.37 Å². The van der Waals surface area contributed by atoms with Crippen LogP contribution in [0.15, 0.2) is 36.5 Å². The minimum atomic E-state index is -1.35. The van der Waals surface area contributed by atoms with E-state index in [-0.39, 0.29) is 5.56 Å². The van der Waals surface area contributed by atoms with Gasteiger partial charge in [0, 0.05) is 17.4 Å². The van der Waals surface area contributed by atoms with Gasteiger partial charge >= 0.3 is 0 Å². The number of anilines is 1. The molecular weight excluding hydrogens is 268 g/mol. The average Bonchev–Trinajstić information content (AvgIpc) is 2.42. The summed E-state index contributed by atoms with van der Waals surface area (Å²) in [5.41, 5.74) is 5.19. The number of rotatable bonds is 3. The number of carbonyl (C=O) groups is 2. The Morgan fingerprint density at radius 1 is 1.10 bits per heavy atom. The number of pyridine rings is 1. The van der Waals surface area contributed by atoms with E-state index in [1.54, 1.807) is 0 Å². The van der Waals surface area contributed by atoms with Gasteiger partial charge in [0.25, 0.3) is 5.91 Å². The average molecular weight is 277 g/mol. The summed E-state index contributed by atoms with van der Waals surface area (Å²) in [6.45, 7) is 0. The Labute approximate surface area is 112 Å². The summed E-state index contributed by atoms with van der Waals surface area (Å²) in [6.07, 6.45) is 0.990. The highest BCUT2D eigenvalue weighted by atomic mass is 19.2. The van der Waals surface area contributed by atoms with E-state index < -0.39 is 29.1 Å². The van der Waals surface area contributed by atoms with Crippen LogP contribution >= 0.6 is 0 Å². The standard InChI is InChI=1S/C13H9F2N3O2/c14-10-9(5-6-17-11(10)15)13(20)18-8-3-1-7(2-4-8)12(16)19/h1-6H,(H2,16,19)(H,18,20).